The van der Waals surface area contributed by atoms with Gasteiger partial charge in [0, 0.05) is 24.8 Å². The first kappa shape index (κ1) is 17.9. The van der Waals surface area contributed by atoms with E-state index in [4.69, 9.17) is 4.98 Å². The molecule has 4 heteroatoms. The highest BCUT2D eigenvalue weighted by Crippen LogP contribution is 2.37. The van der Waals surface area contributed by atoms with Crippen LogP contribution in [0.2, 0.25) is 0 Å². The Morgan fingerprint density at radius 2 is 1.96 bits per heavy atom. The number of rotatable bonds is 6. The van der Waals surface area contributed by atoms with Gasteiger partial charge in [-0.05, 0) is 51.4 Å². The highest BCUT2D eigenvalue weighted by molar-refractivity contribution is 5.50. The summed E-state index contributed by atoms with van der Waals surface area (Å²) in [6, 6.07) is 9.57. The average Bonchev–Trinajstić information content (AvgIpc) is 3.06. The zero-order valence-corrected chi connectivity index (χ0v) is 16.0. The molecule has 0 radical (unpaired) electrons. The van der Waals surface area contributed by atoms with Gasteiger partial charge in [0.2, 0.25) is 0 Å². The zero-order chi connectivity index (χ0) is 17.8. The Hall–Kier alpha value is -1.94. The van der Waals surface area contributed by atoms with Crippen LogP contribution >= 0.6 is 0 Å². The number of aryl methyl sites for hydroxylation is 2. The third kappa shape index (κ3) is 4.18. The molecule has 0 spiro atoms. The predicted molar refractivity (Wildman–Crippen MR) is 104 cm³/mol. The van der Waals surface area contributed by atoms with Crippen molar-refractivity contribution in [3.63, 3.8) is 0 Å². The van der Waals surface area contributed by atoms with E-state index in [0.29, 0.717) is 6.04 Å². The minimum atomic E-state index is 0.429. The summed E-state index contributed by atoms with van der Waals surface area (Å²) >= 11 is 0. The Morgan fingerprint density at radius 3 is 2.64 bits per heavy atom. The van der Waals surface area contributed by atoms with E-state index in [9.17, 15) is 0 Å². The standard InChI is InChI=1S/C21H30N4/c1-5-7-19-14-22-16(2)23-21(19)25-13-6-8-20(25)18-11-9-17(10-12-18)15-24(3)4/h9-12,14,20H,5-8,13,15H2,1-4H3. The summed E-state index contributed by atoms with van der Waals surface area (Å²) in [7, 11) is 4.22. The smallest absolute Gasteiger partial charge is 0.135 e. The molecule has 1 fully saturated rings. The summed E-state index contributed by atoms with van der Waals surface area (Å²) < 4.78 is 0. The molecular formula is C21H30N4. The van der Waals surface area contributed by atoms with E-state index in [-0.39, 0.29) is 0 Å². The van der Waals surface area contributed by atoms with Gasteiger partial charge in [-0.15, -0.1) is 0 Å². The Labute approximate surface area is 151 Å². The Bertz CT molecular complexity index is 694. The van der Waals surface area contributed by atoms with Crippen LogP contribution in [0.25, 0.3) is 0 Å². The van der Waals surface area contributed by atoms with Crippen LogP contribution in [0.15, 0.2) is 30.5 Å². The molecule has 25 heavy (non-hydrogen) atoms. The van der Waals surface area contributed by atoms with E-state index in [0.717, 1.165) is 37.6 Å². The molecule has 2 aromatic rings. The van der Waals surface area contributed by atoms with Crippen molar-refractivity contribution in [1.82, 2.24) is 14.9 Å². The lowest BCUT2D eigenvalue weighted by Gasteiger charge is -2.28. The Balaban J connectivity index is 1.87. The fourth-order valence-corrected chi connectivity index (χ4v) is 3.75. The molecular weight excluding hydrogens is 308 g/mol. The van der Waals surface area contributed by atoms with Crippen LogP contribution in [-0.2, 0) is 13.0 Å². The molecule has 1 atom stereocenters. The van der Waals surface area contributed by atoms with Gasteiger partial charge in [-0.25, -0.2) is 9.97 Å². The van der Waals surface area contributed by atoms with Crippen molar-refractivity contribution in [3.05, 3.63) is 53.0 Å². The second-order valence-corrected chi connectivity index (χ2v) is 7.35. The van der Waals surface area contributed by atoms with Crippen LogP contribution in [0.1, 0.15) is 54.7 Å². The lowest BCUT2D eigenvalue weighted by molar-refractivity contribution is 0.402. The highest BCUT2D eigenvalue weighted by Gasteiger charge is 2.28. The van der Waals surface area contributed by atoms with Gasteiger partial charge in [-0.2, -0.15) is 0 Å². The first-order valence-corrected chi connectivity index (χ1v) is 9.41. The van der Waals surface area contributed by atoms with Crippen LogP contribution in [0, 0.1) is 6.92 Å². The monoisotopic (exact) mass is 338 g/mol. The van der Waals surface area contributed by atoms with Gasteiger partial charge >= 0.3 is 0 Å². The molecule has 0 N–H and O–H groups in total. The third-order valence-corrected chi connectivity index (χ3v) is 4.87. The molecule has 4 nitrogen and oxygen atoms in total. The second kappa shape index (κ2) is 7.96. The first-order chi connectivity index (χ1) is 12.1. The van der Waals surface area contributed by atoms with Crippen molar-refractivity contribution >= 4 is 5.82 Å². The number of anilines is 1. The third-order valence-electron chi connectivity index (χ3n) is 4.87. The summed E-state index contributed by atoms with van der Waals surface area (Å²) in [6.45, 7) is 6.27. The summed E-state index contributed by atoms with van der Waals surface area (Å²) in [5.74, 6) is 2.01. The van der Waals surface area contributed by atoms with E-state index in [1.54, 1.807) is 0 Å². The van der Waals surface area contributed by atoms with Gasteiger partial charge in [0.15, 0.2) is 0 Å². The largest absolute Gasteiger partial charge is 0.349 e. The van der Waals surface area contributed by atoms with Gasteiger partial charge in [0.05, 0.1) is 6.04 Å². The van der Waals surface area contributed by atoms with Crippen LogP contribution in [0.4, 0.5) is 5.82 Å². The molecule has 1 aromatic heterocycles. The maximum Gasteiger partial charge on any atom is 0.135 e. The van der Waals surface area contributed by atoms with Crippen molar-refractivity contribution in [3.8, 4) is 0 Å². The lowest BCUT2D eigenvalue weighted by atomic mass is 10.0. The Morgan fingerprint density at radius 1 is 1.20 bits per heavy atom. The maximum atomic E-state index is 4.81. The van der Waals surface area contributed by atoms with Gasteiger partial charge in [0.25, 0.3) is 0 Å². The number of hydrogen-bond acceptors (Lipinski definition) is 4. The molecule has 0 saturated carbocycles. The minimum Gasteiger partial charge on any atom is -0.349 e. The maximum absolute atomic E-state index is 4.81. The van der Waals surface area contributed by atoms with Crippen molar-refractivity contribution in [1.29, 1.82) is 0 Å². The molecule has 1 aromatic carbocycles. The molecule has 3 rings (SSSR count). The van der Waals surface area contributed by atoms with Crippen LogP contribution in [0.5, 0.6) is 0 Å². The predicted octanol–water partition coefficient (Wildman–Crippen LogP) is 4.14. The van der Waals surface area contributed by atoms with Crippen LogP contribution in [-0.4, -0.2) is 35.5 Å². The number of aromatic nitrogens is 2. The molecule has 134 valence electrons. The van der Waals surface area contributed by atoms with E-state index in [1.165, 1.54) is 29.5 Å². The van der Waals surface area contributed by atoms with E-state index in [2.05, 4.69) is 60.1 Å². The SMILES string of the molecule is CCCc1cnc(C)nc1N1CCCC1c1ccc(CN(C)C)cc1. The normalized spacial score (nSPS) is 17.5. The quantitative estimate of drug-likeness (QED) is 0.792. The minimum absolute atomic E-state index is 0.429. The van der Waals surface area contributed by atoms with Crippen molar-refractivity contribution < 1.29 is 0 Å². The number of nitrogens with zero attached hydrogens (tertiary/aromatic N) is 4. The zero-order valence-electron chi connectivity index (χ0n) is 16.0. The van der Waals surface area contributed by atoms with Crippen molar-refractivity contribution in [2.45, 2.75) is 52.1 Å². The topological polar surface area (TPSA) is 32.3 Å². The van der Waals surface area contributed by atoms with Crippen LogP contribution in [0.3, 0.4) is 0 Å². The fourth-order valence-electron chi connectivity index (χ4n) is 3.75. The van der Waals surface area contributed by atoms with Crippen LogP contribution < -0.4 is 4.90 Å². The molecule has 1 saturated heterocycles. The molecule has 1 unspecified atom stereocenters. The number of hydrogen-bond donors (Lipinski definition) is 0. The lowest BCUT2D eigenvalue weighted by Crippen LogP contribution is -2.25. The second-order valence-electron chi connectivity index (χ2n) is 7.35. The summed E-state index contributed by atoms with van der Waals surface area (Å²) in [5, 5.41) is 0. The molecule has 0 bridgehead atoms. The number of benzene rings is 1. The van der Waals surface area contributed by atoms with E-state index < -0.39 is 0 Å². The average molecular weight is 338 g/mol. The molecule has 2 heterocycles. The van der Waals surface area contributed by atoms with E-state index in [1.807, 2.05) is 13.1 Å². The van der Waals surface area contributed by atoms with Gasteiger partial charge < -0.3 is 9.80 Å². The molecule has 1 aliphatic heterocycles. The van der Waals surface area contributed by atoms with Gasteiger partial charge in [-0.3, -0.25) is 0 Å². The molecule has 0 amide bonds. The van der Waals surface area contributed by atoms with Crippen molar-refractivity contribution in [2.75, 3.05) is 25.5 Å². The van der Waals surface area contributed by atoms with Gasteiger partial charge in [0.1, 0.15) is 11.6 Å². The Kier molecular flexibility index (Phi) is 5.69. The summed E-state index contributed by atoms with van der Waals surface area (Å²) in [4.78, 5) is 13.9. The fraction of sp³-hybridized carbons (Fsp3) is 0.524. The molecule has 1 aliphatic rings. The summed E-state index contributed by atoms with van der Waals surface area (Å²) in [6.07, 6.45) is 6.61. The highest BCUT2D eigenvalue weighted by atomic mass is 15.2. The first-order valence-electron chi connectivity index (χ1n) is 9.41. The van der Waals surface area contributed by atoms with E-state index >= 15 is 0 Å². The summed E-state index contributed by atoms with van der Waals surface area (Å²) in [5.41, 5.74) is 4.05. The van der Waals surface area contributed by atoms with Gasteiger partial charge in [-0.1, -0.05) is 37.6 Å². The molecule has 0 aliphatic carbocycles. The van der Waals surface area contributed by atoms with Crippen molar-refractivity contribution in [2.24, 2.45) is 0 Å².